The first-order chi connectivity index (χ1) is 32.8. The second-order valence-corrected chi connectivity index (χ2v) is 15.3. The molecule has 3 fully saturated rings. The van der Waals surface area contributed by atoms with Gasteiger partial charge in [-0.05, 0) is 107 Å². The summed E-state index contributed by atoms with van der Waals surface area (Å²) in [5.74, 6) is 2.86. The third-order valence-corrected chi connectivity index (χ3v) is 11.9. The minimum absolute atomic E-state index is 0.123. The molecule has 5 heteroatoms. The highest BCUT2D eigenvalue weighted by molar-refractivity contribution is 6.09. The SMILES string of the molecule is [2H]c1c([2H])c([2H])c(-c2cccc(-c3c([2H])c([2H])c([2H])c([2H])c3[2H])c2-[n+]2[c-]n(-c3cccc(Oc4ccc5c6ccccc6n(-c6cc(C78CC(C7)C8)ccn6)c5c4)c3)c3ccccc32)c([2H])c1[2H]. The lowest BCUT2D eigenvalue weighted by atomic mass is 9.42. The highest BCUT2D eigenvalue weighted by Crippen LogP contribution is 2.65. The van der Waals surface area contributed by atoms with Crippen LogP contribution in [-0.4, -0.2) is 14.1 Å². The zero-order valence-corrected chi connectivity index (χ0v) is 31.0. The Bertz CT molecular complexity index is 3640. The van der Waals surface area contributed by atoms with Crippen LogP contribution in [0.3, 0.4) is 0 Å². The van der Waals surface area contributed by atoms with E-state index in [9.17, 15) is 0 Å². The molecule has 3 aliphatic carbocycles. The Labute approximate surface area is 350 Å². The fourth-order valence-corrected chi connectivity index (χ4v) is 9.16. The third-order valence-electron chi connectivity index (χ3n) is 11.9. The molecule has 0 saturated heterocycles. The maximum atomic E-state index is 9.00. The number of aromatic nitrogens is 4. The first-order valence-corrected chi connectivity index (χ1v) is 19.3. The Hall–Kier alpha value is -7.24. The van der Waals surface area contributed by atoms with Crippen LogP contribution >= 0.6 is 0 Å². The van der Waals surface area contributed by atoms with Crippen molar-refractivity contribution in [1.29, 1.82) is 0 Å². The van der Waals surface area contributed by atoms with Crippen LogP contribution in [0.2, 0.25) is 0 Å². The van der Waals surface area contributed by atoms with Crippen molar-refractivity contribution in [2.24, 2.45) is 5.92 Å². The van der Waals surface area contributed by atoms with Gasteiger partial charge in [0.25, 0.3) is 6.33 Å². The number of fused-ring (bicyclic) bond motifs is 4. The predicted molar refractivity (Wildman–Crippen MR) is 232 cm³/mol. The summed E-state index contributed by atoms with van der Waals surface area (Å²) < 4.78 is 99.2. The van der Waals surface area contributed by atoms with E-state index in [0.717, 1.165) is 33.5 Å². The molecular formula is C53H38N4O. The molecule has 0 atom stereocenters. The van der Waals surface area contributed by atoms with Gasteiger partial charge in [-0.3, -0.25) is 13.7 Å². The molecular weight excluding hydrogens is 709 g/mol. The Morgan fingerprint density at radius 3 is 2.05 bits per heavy atom. The van der Waals surface area contributed by atoms with E-state index in [2.05, 4.69) is 41.2 Å². The second kappa shape index (κ2) is 12.9. The Morgan fingerprint density at radius 2 is 1.31 bits per heavy atom. The molecule has 2 bridgehead atoms. The topological polar surface area (TPSA) is 35.9 Å². The van der Waals surface area contributed by atoms with Gasteiger partial charge in [0.2, 0.25) is 0 Å². The summed E-state index contributed by atoms with van der Waals surface area (Å²) in [7, 11) is 0. The maximum absolute atomic E-state index is 9.00. The van der Waals surface area contributed by atoms with Gasteiger partial charge in [-0.25, -0.2) is 4.98 Å². The van der Waals surface area contributed by atoms with Crippen molar-refractivity contribution in [1.82, 2.24) is 14.1 Å². The summed E-state index contributed by atoms with van der Waals surface area (Å²) in [6.07, 6.45) is 9.11. The molecule has 0 radical (unpaired) electrons. The van der Waals surface area contributed by atoms with Gasteiger partial charge in [0.1, 0.15) is 17.3 Å². The Morgan fingerprint density at radius 1 is 0.638 bits per heavy atom. The van der Waals surface area contributed by atoms with Crippen molar-refractivity contribution in [2.45, 2.75) is 24.7 Å². The Kier molecular flexibility index (Phi) is 5.43. The number of rotatable bonds is 8. The van der Waals surface area contributed by atoms with E-state index in [1.807, 2.05) is 79.0 Å². The second-order valence-electron chi connectivity index (χ2n) is 15.3. The van der Waals surface area contributed by atoms with Crippen LogP contribution in [0.25, 0.3) is 72.3 Å². The molecule has 0 amide bonds. The summed E-state index contributed by atoms with van der Waals surface area (Å²) in [4.78, 5) is 4.89. The van der Waals surface area contributed by atoms with Gasteiger partial charge in [-0.15, -0.1) is 0 Å². The van der Waals surface area contributed by atoms with Gasteiger partial charge in [0.05, 0.1) is 47.1 Å². The summed E-state index contributed by atoms with van der Waals surface area (Å²) in [6.45, 7) is 0. The van der Waals surface area contributed by atoms with Crippen molar-refractivity contribution in [3.63, 3.8) is 0 Å². The molecule has 3 heterocycles. The van der Waals surface area contributed by atoms with E-state index in [1.54, 1.807) is 27.3 Å². The van der Waals surface area contributed by atoms with Gasteiger partial charge in [-0.2, -0.15) is 0 Å². The summed E-state index contributed by atoms with van der Waals surface area (Å²) in [6, 6.07) is 33.4. The molecule has 0 unspecified atom stereocenters. The van der Waals surface area contributed by atoms with Gasteiger partial charge < -0.3 is 4.74 Å². The van der Waals surface area contributed by atoms with Gasteiger partial charge in [-0.1, -0.05) is 127 Å². The minimum atomic E-state index is -0.561. The van der Waals surface area contributed by atoms with Crippen LogP contribution in [-0.2, 0) is 5.41 Å². The molecule has 7 aromatic carbocycles. The van der Waals surface area contributed by atoms with Crippen LogP contribution in [0.15, 0.2) is 188 Å². The van der Waals surface area contributed by atoms with E-state index in [-0.39, 0.29) is 33.4 Å². The quantitative estimate of drug-likeness (QED) is 0.114. The number of ether oxygens (including phenoxy) is 1. The molecule has 0 N–H and O–H groups in total. The number of benzene rings is 7. The third kappa shape index (κ3) is 5.16. The smallest absolute Gasteiger partial charge is 0.269 e. The molecule has 0 aliphatic heterocycles. The first kappa shape index (κ1) is 24.4. The number of hydrogen-bond donors (Lipinski definition) is 0. The molecule has 276 valence electrons. The number of imidazole rings is 1. The van der Waals surface area contributed by atoms with Gasteiger partial charge in [0.15, 0.2) is 0 Å². The lowest BCUT2D eigenvalue weighted by molar-refractivity contribution is -0.571. The lowest BCUT2D eigenvalue weighted by Crippen LogP contribution is -2.55. The van der Waals surface area contributed by atoms with E-state index < -0.39 is 60.4 Å². The summed E-state index contributed by atoms with van der Waals surface area (Å²) in [5.41, 5.74) is 5.79. The normalized spacial score (nSPS) is 19.4. The van der Waals surface area contributed by atoms with Crippen molar-refractivity contribution >= 4 is 32.8 Å². The molecule has 10 aromatic rings. The number of nitrogens with zero attached hydrogens (tertiary/aromatic N) is 4. The van der Waals surface area contributed by atoms with Gasteiger partial charge >= 0.3 is 0 Å². The number of pyridine rings is 1. The van der Waals surface area contributed by atoms with E-state index >= 15 is 0 Å². The molecule has 5 nitrogen and oxygen atoms in total. The highest BCUT2D eigenvalue weighted by Gasteiger charge is 2.57. The van der Waals surface area contributed by atoms with E-state index in [4.69, 9.17) is 23.4 Å². The zero-order valence-electron chi connectivity index (χ0n) is 41.0. The summed E-state index contributed by atoms with van der Waals surface area (Å²) >= 11 is 0. The van der Waals surface area contributed by atoms with Crippen LogP contribution in [0, 0.1) is 12.2 Å². The largest absolute Gasteiger partial charge is 0.458 e. The molecule has 0 spiro atoms. The van der Waals surface area contributed by atoms with Crippen LogP contribution in [0.5, 0.6) is 11.5 Å². The fraction of sp³-hybridized carbons (Fsp3) is 0.0943. The van der Waals surface area contributed by atoms with E-state index in [1.165, 1.54) is 24.8 Å². The minimum Gasteiger partial charge on any atom is -0.458 e. The fourth-order valence-electron chi connectivity index (χ4n) is 9.16. The molecule has 58 heavy (non-hydrogen) atoms. The molecule has 3 aromatic heterocycles. The predicted octanol–water partition coefficient (Wildman–Crippen LogP) is 12.4. The Balaban J connectivity index is 1.01. The average Bonchev–Trinajstić information content (AvgIpc) is 3.87. The zero-order chi connectivity index (χ0) is 46.9. The molecule has 13 rings (SSSR count). The maximum Gasteiger partial charge on any atom is 0.269 e. The van der Waals surface area contributed by atoms with Crippen LogP contribution < -0.4 is 9.30 Å². The monoisotopic (exact) mass is 756 g/mol. The standard InChI is InChI=1S/C53H38N4O/c1-3-13-37(14-4-1)43-20-12-21-44(38-15-5-2-6-16-38)52(43)56-35-55(48-23-9-10-24-49(48)56)40-17-11-18-41(30-40)58-42-25-26-46-45-19-7-8-22-47(45)57(50(46)31-42)51-29-39(27-28-54-51)53-32-36(33-53)34-53/h1-31,36H,32-34H2/i1D,2D,3D,4D,5D,6D,13D,14D,15D,16D. The van der Waals surface area contributed by atoms with Crippen molar-refractivity contribution in [2.75, 3.05) is 0 Å². The van der Waals surface area contributed by atoms with Gasteiger partial charge in [0, 0.05) is 23.0 Å². The summed E-state index contributed by atoms with van der Waals surface area (Å²) in [5, 5.41) is 2.18. The van der Waals surface area contributed by atoms with Crippen molar-refractivity contribution in [3.8, 4) is 50.9 Å². The van der Waals surface area contributed by atoms with Crippen molar-refractivity contribution in [3.05, 3.63) is 200 Å². The van der Waals surface area contributed by atoms with Crippen molar-refractivity contribution < 1.29 is 23.0 Å². The lowest BCUT2D eigenvalue weighted by Gasteiger charge is -2.62. The molecule has 3 saturated carbocycles. The van der Waals surface area contributed by atoms with E-state index in [0.29, 0.717) is 28.2 Å². The van der Waals surface area contributed by atoms with Crippen LogP contribution in [0.4, 0.5) is 0 Å². The number of hydrogen-bond acceptors (Lipinski definition) is 2. The number of para-hydroxylation sites is 4. The average molecular weight is 757 g/mol. The highest BCUT2D eigenvalue weighted by atomic mass is 16.5. The van der Waals surface area contributed by atoms with Crippen LogP contribution in [0.1, 0.15) is 38.5 Å². The first-order valence-electron chi connectivity index (χ1n) is 24.3. The molecule has 3 aliphatic rings.